The zero-order chi connectivity index (χ0) is 14.6. The number of rotatable bonds is 3. The van der Waals surface area contributed by atoms with Gasteiger partial charge in [-0.15, -0.1) is 23.1 Å². The largest absolute Gasteiger partial charge is 0.340 e. The van der Waals surface area contributed by atoms with Gasteiger partial charge in [-0.3, -0.25) is 4.79 Å². The zero-order valence-corrected chi connectivity index (χ0v) is 13.6. The first-order valence-corrected chi connectivity index (χ1v) is 8.57. The summed E-state index contributed by atoms with van der Waals surface area (Å²) in [5.74, 6) is 7.20. The smallest absolute Gasteiger partial charge is 0.238 e. The maximum absolute atomic E-state index is 12.5. The predicted molar refractivity (Wildman–Crippen MR) is 86.8 cm³/mol. The summed E-state index contributed by atoms with van der Waals surface area (Å²) in [7, 11) is 1.88. The Labute approximate surface area is 128 Å². The summed E-state index contributed by atoms with van der Waals surface area (Å²) in [5.41, 5.74) is 6.50. The fourth-order valence-electron chi connectivity index (χ4n) is 2.36. The Balaban J connectivity index is 1.98. The minimum absolute atomic E-state index is 0.229. The maximum Gasteiger partial charge on any atom is 0.238 e. The molecule has 0 aromatic carbocycles. The lowest BCUT2D eigenvalue weighted by Gasteiger charge is -2.28. The number of carbonyl (C=O) groups is 1. The summed E-state index contributed by atoms with van der Waals surface area (Å²) in [6.45, 7) is 3.09. The Morgan fingerprint density at radius 2 is 2.40 bits per heavy atom. The third-order valence-electron chi connectivity index (χ3n) is 3.41. The lowest BCUT2D eigenvalue weighted by Crippen LogP contribution is -2.41. The molecule has 1 aromatic rings. The van der Waals surface area contributed by atoms with E-state index in [-0.39, 0.29) is 10.7 Å². The molecule has 0 aliphatic carbocycles. The van der Waals surface area contributed by atoms with E-state index in [1.807, 2.05) is 18.0 Å². The number of carbonyl (C=O) groups excluding carboxylic acids is 1. The van der Waals surface area contributed by atoms with Crippen LogP contribution in [0.5, 0.6) is 0 Å². The molecule has 0 spiro atoms. The molecule has 1 aromatic heterocycles. The van der Waals surface area contributed by atoms with Crippen LogP contribution in [-0.2, 0) is 11.3 Å². The van der Waals surface area contributed by atoms with Crippen LogP contribution in [0.3, 0.4) is 0 Å². The van der Waals surface area contributed by atoms with E-state index in [1.165, 1.54) is 0 Å². The van der Waals surface area contributed by atoms with Crippen LogP contribution in [-0.4, -0.2) is 34.9 Å². The molecule has 108 valence electrons. The van der Waals surface area contributed by atoms with E-state index in [1.54, 1.807) is 23.1 Å². The van der Waals surface area contributed by atoms with E-state index in [9.17, 15) is 4.79 Å². The molecule has 1 saturated heterocycles. The van der Waals surface area contributed by atoms with E-state index in [2.05, 4.69) is 24.1 Å². The Hall–Kier alpha value is -0.960. The van der Waals surface area contributed by atoms with Gasteiger partial charge in [-0.05, 0) is 42.5 Å². The molecule has 1 atom stereocenters. The van der Waals surface area contributed by atoms with Crippen molar-refractivity contribution < 1.29 is 4.79 Å². The van der Waals surface area contributed by atoms with Gasteiger partial charge >= 0.3 is 0 Å². The van der Waals surface area contributed by atoms with Crippen molar-refractivity contribution in [3.05, 3.63) is 21.9 Å². The van der Waals surface area contributed by atoms with Crippen molar-refractivity contribution in [3.8, 4) is 11.8 Å². The van der Waals surface area contributed by atoms with Gasteiger partial charge in [0.05, 0.1) is 16.2 Å². The fraction of sp³-hybridized carbons (Fsp3) is 0.533. The lowest BCUT2D eigenvalue weighted by molar-refractivity contribution is -0.132. The highest BCUT2D eigenvalue weighted by Gasteiger charge is 2.38. The Bertz CT molecular complexity index is 536. The second-order valence-corrected chi connectivity index (χ2v) is 7.68. The van der Waals surface area contributed by atoms with Gasteiger partial charge in [0.15, 0.2) is 0 Å². The lowest BCUT2D eigenvalue weighted by atomic mass is 10.0. The van der Waals surface area contributed by atoms with Crippen molar-refractivity contribution in [1.82, 2.24) is 4.90 Å². The molecular formula is C15H20N2OS2. The number of hydrogen-bond acceptors (Lipinski definition) is 4. The molecule has 0 bridgehead atoms. The number of amides is 1. The summed E-state index contributed by atoms with van der Waals surface area (Å²) in [5, 5.41) is 2.06. The van der Waals surface area contributed by atoms with Gasteiger partial charge in [-0.1, -0.05) is 11.8 Å². The van der Waals surface area contributed by atoms with Crippen LogP contribution in [0, 0.1) is 11.8 Å². The van der Waals surface area contributed by atoms with E-state index >= 15 is 0 Å². The minimum Gasteiger partial charge on any atom is -0.340 e. The molecule has 2 rings (SSSR count). The van der Waals surface area contributed by atoms with Gasteiger partial charge in [0.1, 0.15) is 0 Å². The molecule has 1 fully saturated rings. The maximum atomic E-state index is 12.5. The SMILES string of the molecule is CN(Cc1csc(C#CCN)c1)C(=O)C1(C)CCCS1. The molecule has 20 heavy (non-hydrogen) atoms. The van der Waals surface area contributed by atoms with Gasteiger partial charge in [0, 0.05) is 13.6 Å². The Morgan fingerprint density at radius 1 is 1.60 bits per heavy atom. The highest BCUT2D eigenvalue weighted by molar-refractivity contribution is 8.01. The van der Waals surface area contributed by atoms with Gasteiger partial charge in [-0.25, -0.2) is 0 Å². The number of thiophene rings is 1. The summed E-state index contributed by atoms with van der Waals surface area (Å²) >= 11 is 3.39. The third kappa shape index (κ3) is 3.57. The monoisotopic (exact) mass is 308 g/mol. The Morgan fingerprint density at radius 3 is 3.05 bits per heavy atom. The van der Waals surface area contributed by atoms with Crippen LogP contribution in [0.1, 0.15) is 30.2 Å². The zero-order valence-electron chi connectivity index (χ0n) is 11.9. The number of nitrogens with zero attached hydrogens (tertiary/aromatic N) is 1. The Kier molecular flexibility index (Phi) is 5.14. The number of hydrogen-bond donors (Lipinski definition) is 1. The van der Waals surface area contributed by atoms with Crippen molar-refractivity contribution >= 4 is 29.0 Å². The van der Waals surface area contributed by atoms with Crippen LogP contribution in [0.2, 0.25) is 0 Å². The van der Waals surface area contributed by atoms with E-state index in [0.717, 1.165) is 29.0 Å². The molecular weight excluding hydrogens is 288 g/mol. The third-order valence-corrected chi connectivity index (χ3v) is 5.81. The summed E-state index contributed by atoms with van der Waals surface area (Å²) in [6, 6.07) is 2.04. The molecule has 1 amide bonds. The first-order chi connectivity index (χ1) is 9.55. The topological polar surface area (TPSA) is 46.3 Å². The second kappa shape index (κ2) is 6.66. The molecule has 1 unspecified atom stereocenters. The standard InChI is InChI=1S/C15H20N2OS2/c1-15(6-4-8-20-15)14(18)17(2)10-12-9-13(19-11-12)5-3-7-16/h9,11H,4,6-8,10,16H2,1-2H3. The first kappa shape index (κ1) is 15.4. The normalized spacial score (nSPS) is 21.4. The highest BCUT2D eigenvalue weighted by atomic mass is 32.2. The second-order valence-electron chi connectivity index (χ2n) is 5.17. The first-order valence-electron chi connectivity index (χ1n) is 6.71. The summed E-state index contributed by atoms with van der Waals surface area (Å²) in [6.07, 6.45) is 2.12. The van der Waals surface area contributed by atoms with E-state index in [4.69, 9.17) is 5.73 Å². The van der Waals surface area contributed by atoms with Crippen LogP contribution in [0.15, 0.2) is 11.4 Å². The van der Waals surface area contributed by atoms with Crippen molar-refractivity contribution in [1.29, 1.82) is 0 Å². The molecule has 1 aliphatic rings. The average molecular weight is 308 g/mol. The fourth-order valence-corrected chi connectivity index (χ4v) is 4.44. The molecule has 2 heterocycles. The van der Waals surface area contributed by atoms with Gasteiger partial charge < -0.3 is 10.6 Å². The van der Waals surface area contributed by atoms with Gasteiger partial charge in [-0.2, -0.15) is 0 Å². The summed E-state index contributed by atoms with van der Waals surface area (Å²) < 4.78 is -0.229. The highest BCUT2D eigenvalue weighted by Crippen LogP contribution is 2.39. The predicted octanol–water partition coefficient (Wildman–Crippen LogP) is 2.30. The quantitative estimate of drug-likeness (QED) is 0.872. The molecule has 1 aliphatic heterocycles. The van der Waals surface area contributed by atoms with Crippen LogP contribution >= 0.6 is 23.1 Å². The van der Waals surface area contributed by atoms with Crippen molar-refractivity contribution in [2.75, 3.05) is 19.3 Å². The van der Waals surface area contributed by atoms with Crippen LogP contribution in [0.4, 0.5) is 0 Å². The molecule has 2 N–H and O–H groups in total. The van der Waals surface area contributed by atoms with Crippen LogP contribution in [0.25, 0.3) is 0 Å². The van der Waals surface area contributed by atoms with Crippen molar-refractivity contribution in [2.24, 2.45) is 5.73 Å². The molecule has 3 nitrogen and oxygen atoms in total. The average Bonchev–Trinajstić information content (AvgIpc) is 3.05. The van der Waals surface area contributed by atoms with Gasteiger partial charge in [0.2, 0.25) is 5.91 Å². The number of thioether (sulfide) groups is 1. The van der Waals surface area contributed by atoms with Gasteiger partial charge in [0.25, 0.3) is 0 Å². The summed E-state index contributed by atoms with van der Waals surface area (Å²) in [4.78, 5) is 15.4. The minimum atomic E-state index is -0.229. The molecule has 0 radical (unpaired) electrons. The number of nitrogens with two attached hydrogens (primary N) is 1. The van der Waals surface area contributed by atoms with Crippen molar-refractivity contribution in [3.63, 3.8) is 0 Å². The van der Waals surface area contributed by atoms with E-state index in [0.29, 0.717) is 13.1 Å². The molecule has 0 saturated carbocycles. The van der Waals surface area contributed by atoms with Crippen molar-refractivity contribution in [2.45, 2.75) is 31.1 Å². The van der Waals surface area contributed by atoms with E-state index < -0.39 is 0 Å². The molecule has 5 heteroatoms. The van der Waals surface area contributed by atoms with Crippen LogP contribution < -0.4 is 5.73 Å².